The van der Waals surface area contributed by atoms with Gasteiger partial charge in [-0.2, -0.15) is 0 Å². The maximum absolute atomic E-state index is 3.77. The molecule has 0 spiro atoms. The molecule has 8 rings (SSSR count). The average molecular weight is 526 g/mol. The van der Waals surface area contributed by atoms with Crippen LogP contribution in [0.15, 0.2) is 146 Å². The summed E-state index contributed by atoms with van der Waals surface area (Å²) in [5.41, 5.74) is 15.1. The Hall–Kier alpha value is -4.88. The summed E-state index contributed by atoms with van der Waals surface area (Å²) >= 11 is 0. The Morgan fingerprint density at radius 3 is 1.56 bits per heavy atom. The molecule has 2 aliphatic carbocycles. The molecule has 0 radical (unpaired) electrons. The minimum Gasteiger partial charge on any atom is -0.355 e. The molecule has 2 aliphatic rings. The van der Waals surface area contributed by atoms with Gasteiger partial charge in [0.25, 0.3) is 0 Å². The van der Waals surface area contributed by atoms with Gasteiger partial charge in [0.2, 0.25) is 0 Å². The van der Waals surface area contributed by atoms with Crippen LogP contribution >= 0.6 is 0 Å². The maximum atomic E-state index is 3.77. The molecule has 0 saturated heterocycles. The summed E-state index contributed by atoms with van der Waals surface area (Å²) in [6.45, 7) is 4.67. The predicted molar refractivity (Wildman–Crippen MR) is 171 cm³/mol. The molecule has 0 atom stereocenters. The number of anilines is 2. The topological polar surface area (TPSA) is 12.0 Å². The summed E-state index contributed by atoms with van der Waals surface area (Å²) in [6.07, 6.45) is 0. The normalized spacial score (nSPS) is 15.0. The van der Waals surface area contributed by atoms with Crippen LogP contribution in [0.2, 0.25) is 0 Å². The Morgan fingerprint density at radius 2 is 0.878 bits per heavy atom. The van der Waals surface area contributed by atoms with E-state index in [1.165, 1.54) is 55.6 Å². The summed E-state index contributed by atoms with van der Waals surface area (Å²) < 4.78 is 0. The van der Waals surface area contributed by atoms with E-state index < -0.39 is 0 Å². The lowest BCUT2D eigenvalue weighted by molar-refractivity contribution is 0.660. The van der Waals surface area contributed by atoms with Crippen molar-refractivity contribution in [3.63, 3.8) is 0 Å². The maximum Gasteiger partial charge on any atom is 0.0713 e. The van der Waals surface area contributed by atoms with Gasteiger partial charge in [-0.1, -0.05) is 135 Å². The average Bonchev–Trinajstić information content (AvgIpc) is 3.44. The molecule has 196 valence electrons. The van der Waals surface area contributed by atoms with E-state index in [0.717, 1.165) is 11.4 Å². The molecule has 0 aromatic heterocycles. The summed E-state index contributed by atoms with van der Waals surface area (Å²) in [5, 5.41) is 3.77. The lowest BCUT2D eigenvalue weighted by Gasteiger charge is -2.33. The summed E-state index contributed by atoms with van der Waals surface area (Å²) in [6, 6.07) is 53.4. The molecular formula is C40H31N. The molecule has 41 heavy (non-hydrogen) atoms. The Balaban J connectivity index is 1.26. The standard InChI is InChI=1S/C40H31N/c1-39(2)35-19-11-9-17-31(35)33-23-21-30(26-38(33)39)41-29-22-24-37-34(25-29)32-18-10-12-20-36(32)40(37,27-13-5-3-6-14-27)28-15-7-4-8-16-28/h3-26,41H,1-2H3. The van der Waals surface area contributed by atoms with Crippen molar-refractivity contribution in [1.82, 2.24) is 0 Å². The van der Waals surface area contributed by atoms with E-state index in [1.54, 1.807) is 0 Å². The second-order valence-electron chi connectivity index (χ2n) is 11.8. The molecule has 0 fully saturated rings. The number of hydrogen-bond acceptors (Lipinski definition) is 1. The highest BCUT2D eigenvalue weighted by Gasteiger charge is 2.46. The van der Waals surface area contributed by atoms with Crippen LogP contribution in [0.1, 0.15) is 47.2 Å². The van der Waals surface area contributed by atoms with Crippen LogP contribution in [0.25, 0.3) is 22.3 Å². The molecule has 6 aromatic rings. The zero-order valence-corrected chi connectivity index (χ0v) is 23.4. The number of hydrogen-bond donors (Lipinski definition) is 1. The van der Waals surface area contributed by atoms with E-state index in [1.807, 2.05) is 0 Å². The third-order valence-corrected chi connectivity index (χ3v) is 9.33. The van der Waals surface area contributed by atoms with E-state index in [9.17, 15) is 0 Å². The van der Waals surface area contributed by atoms with Crippen LogP contribution in [0.5, 0.6) is 0 Å². The first-order valence-electron chi connectivity index (χ1n) is 14.5. The highest BCUT2D eigenvalue weighted by atomic mass is 14.9. The van der Waals surface area contributed by atoms with Gasteiger partial charge in [0.05, 0.1) is 5.41 Å². The molecule has 0 saturated carbocycles. The molecule has 0 bridgehead atoms. The lowest BCUT2D eigenvalue weighted by Crippen LogP contribution is -2.28. The highest BCUT2D eigenvalue weighted by Crippen LogP contribution is 2.56. The Labute approximate surface area is 242 Å². The van der Waals surface area contributed by atoms with Gasteiger partial charge in [-0.25, -0.2) is 0 Å². The van der Waals surface area contributed by atoms with Crippen molar-refractivity contribution in [1.29, 1.82) is 0 Å². The zero-order chi connectivity index (χ0) is 27.6. The first-order valence-corrected chi connectivity index (χ1v) is 14.5. The fourth-order valence-corrected chi connectivity index (χ4v) is 7.48. The minimum absolute atomic E-state index is 0.0224. The van der Waals surface area contributed by atoms with Gasteiger partial charge in [-0.15, -0.1) is 0 Å². The van der Waals surface area contributed by atoms with Crippen molar-refractivity contribution in [3.8, 4) is 22.3 Å². The van der Waals surface area contributed by atoms with E-state index >= 15 is 0 Å². The summed E-state index contributed by atoms with van der Waals surface area (Å²) in [7, 11) is 0. The monoisotopic (exact) mass is 525 g/mol. The largest absolute Gasteiger partial charge is 0.355 e. The third kappa shape index (κ3) is 3.36. The van der Waals surface area contributed by atoms with Crippen LogP contribution in [-0.4, -0.2) is 0 Å². The Kier molecular flexibility index (Phi) is 5.15. The quantitative estimate of drug-likeness (QED) is 0.241. The number of benzene rings is 6. The van der Waals surface area contributed by atoms with Crippen molar-refractivity contribution < 1.29 is 0 Å². The predicted octanol–water partition coefficient (Wildman–Crippen LogP) is 10.1. The van der Waals surface area contributed by atoms with E-state index in [0.29, 0.717) is 0 Å². The first-order chi connectivity index (χ1) is 20.1. The van der Waals surface area contributed by atoms with Crippen LogP contribution in [-0.2, 0) is 10.8 Å². The van der Waals surface area contributed by atoms with E-state index in [-0.39, 0.29) is 10.8 Å². The van der Waals surface area contributed by atoms with Crippen LogP contribution in [0.3, 0.4) is 0 Å². The second-order valence-corrected chi connectivity index (χ2v) is 11.8. The van der Waals surface area contributed by atoms with Gasteiger partial charge in [-0.05, 0) is 79.9 Å². The van der Waals surface area contributed by atoms with Crippen molar-refractivity contribution in [3.05, 3.63) is 179 Å². The van der Waals surface area contributed by atoms with E-state index in [2.05, 4.69) is 165 Å². The van der Waals surface area contributed by atoms with Crippen LogP contribution < -0.4 is 5.32 Å². The zero-order valence-electron chi connectivity index (χ0n) is 23.4. The number of rotatable bonds is 4. The van der Waals surface area contributed by atoms with Crippen LogP contribution in [0, 0.1) is 0 Å². The van der Waals surface area contributed by atoms with Gasteiger partial charge in [0.1, 0.15) is 0 Å². The Bertz CT molecular complexity index is 1890. The molecule has 0 heterocycles. The third-order valence-electron chi connectivity index (χ3n) is 9.33. The highest BCUT2D eigenvalue weighted by molar-refractivity contribution is 5.89. The van der Waals surface area contributed by atoms with Crippen molar-refractivity contribution in [2.75, 3.05) is 5.32 Å². The van der Waals surface area contributed by atoms with Crippen molar-refractivity contribution in [2.45, 2.75) is 24.7 Å². The van der Waals surface area contributed by atoms with E-state index in [4.69, 9.17) is 0 Å². The molecule has 0 unspecified atom stereocenters. The Morgan fingerprint density at radius 1 is 0.390 bits per heavy atom. The van der Waals surface area contributed by atoms with Crippen LogP contribution in [0.4, 0.5) is 11.4 Å². The first kappa shape index (κ1) is 24.0. The molecule has 1 nitrogen and oxygen atoms in total. The molecule has 0 amide bonds. The second kappa shape index (κ2) is 8.81. The van der Waals surface area contributed by atoms with Gasteiger partial charge in [0.15, 0.2) is 0 Å². The molecule has 1 N–H and O–H groups in total. The number of nitrogens with one attached hydrogen (secondary N) is 1. The smallest absolute Gasteiger partial charge is 0.0713 e. The SMILES string of the molecule is CC1(C)c2ccccc2-c2ccc(Nc3ccc4c(c3)-c3ccccc3C4(c3ccccc3)c3ccccc3)cc21. The molecule has 1 heteroatoms. The lowest BCUT2D eigenvalue weighted by atomic mass is 9.68. The van der Waals surface area contributed by atoms with Gasteiger partial charge in [-0.3, -0.25) is 0 Å². The fraction of sp³-hybridized carbons (Fsp3) is 0.100. The van der Waals surface area contributed by atoms with Gasteiger partial charge >= 0.3 is 0 Å². The molecular weight excluding hydrogens is 494 g/mol. The molecule has 0 aliphatic heterocycles. The fourth-order valence-electron chi connectivity index (χ4n) is 7.48. The summed E-state index contributed by atoms with van der Waals surface area (Å²) in [4.78, 5) is 0. The summed E-state index contributed by atoms with van der Waals surface area (Å²) in [5.74, 6) is 0. The van der Waals surface area contributed by atoms with Crippen molar-refractivity contribution in [2.24, 2.45) is 0 Å². The van der Waals surface area contributed by atoms with Crippen molar-refractivity contribution >= 4 is 11.4 Å². The number of fused-ring (bicyclic) bond motifs is 6. The van der Waals surface area contributed by atoms with Gasteiger partial charge in [0, 0.05) is 16.8 Å². The molecule has 6 aromatic carbocycles. The minimum atomic E-state index is -0.365. The van der Waals surface area contributed by atoms with Gasteiger partial charge < -0.3 is 5.32 Å².